The Morgan fingerprint density at radius 1 is 1.16 bits per heavy atom. The second kappa shape index (κ2) is 9.29. The van der Waals surface area contributed by atoms with E-state index in [0.29, 0.717) is 6.54 Å². The van der Waals surface area contributed by atoms with Gasteiger partial charge in [0.1, 0.15) is 11.6 Å². The van der Waals surface area contributed by atoms with Gasteiger partial charge in [-0.3, -0.25) is 4.98 Å². The zero-order valence-electron chi connectivity index (χ0n) is 18.8. The molecule has 1 aromatic carbocycles. The van der Waals surface area contributed by atoms with Gasteiger partial charge >= 0.3 is 6.03 Å². The molecule has 3 aromatic rings. The Morgan fingerprint density at radius 3 is 2.61 bits per heavy atom. The summed E-state index contributed by atoms with van der Waals surface area (Å²) >= 11 is 0. The summed E-state index contributed by atoms with van der Waals surface area (Å²) in [5.41, 5.74) is 3.67. The maximum absolute atomic E-state index is 14.4. The molecule has 0 atom stereocenters. The molecule has 0 unspecified atom stereocenters. The van der Waals surface area contributed by atoms with Gasteiger partial charge in [-0.2, -0.15) is 0 Å². The first kappa shape index (κ1) is 22.5. The maximum Gasteiger partial charge on any atom is 0.319 e. The first-order chi connectivity index (χ1) is 14.7. The van der Waals surface area contributed by atoms with Gasteiger partial charge < -0.3 is 16.0 Å². The van der Waals surface area contributed by atoms with Crippen molar-refractivity contribution in [2.45, 2.75) is 40.5 Å². The van der Waals surface area contributed by atoms with Crippen LogP contribution in [0.5, 0.6) is 0 Å². The molecule has 6 nitrogen and oxygen atoms in total. The summed E-state index contributed by atoms with van der Waals surface area (Å²) in [4.78, 5) is 21.4. The summed E-state index contributed by atoms with van der Waals surface area (Å²) in [5.74, 6) is 0.266. The molecule has 0 aliphatic rings. The molecule has 31 heavy (non-hydrogen) atoms. The van der Waals surface area contributed by atoms with E-state index in [1.54, 1.807) is 18.3 Å². The van der Waals surface area contributed by atoms with Crippen molar-refractivity contribution >= 4 is 28.4 Å². The summed E-state index contributed by atoms with van der Waals surface area (Å²) in [5, 5.41) is 9.33. The van der Waals surface area contributed by atoms with Crippen molar-refractivity contribution in [2.24, 2.45) is 5.41 Å². The van der Waals surface area contributed by atoms with Crippen LogP contribution in [0.1, 0.15) is 39.8 Å². The number of halogens is 1. The van der Waals surface area contributed by atoms with Crippen molar-refractivity contribution in [3.8, 4) is 11.1 Å². The molecule has 0 aliphatic heterocycles. The van der Waals surface area contributed by atoms with Crippen molar-refractivity contribution in [3.63, 3.8) is 0 Å². The fraction of sp³-hybridized carbons (Fsp3) is 0.375. The van der Waals surface area contributed by atoms with Crippen LogP contribution in [0.2, 0.25) is 0 Å². The third-order valence-electron chi connectivity index (χ3n) is 5.06. The Hall–Kier alpha value is -3.22. The maximum atomic E-state index is 14.4. The highest BCUT2D eigenvalue weighted by Crippen LogP contribution is 2.30. The fourth-order valence-electron chi connectivity index (χ4n) is 3.27. The van der Waals surface area contributed by atoms with E-state index in [-0.39, 0.29) is 11.1 Å². The van der Waals surface area contributed by atoms with Crippen molar-refractivity contribution in [2.75, 3.05) is 24.2 Å². The van der Waals surface area contributed by atoms with Crippen LogP contribution >= 0.6 is 0 Å². The zero-order chi connectivity index (χ0) is 22.6. The summed E-state index contributed by atoms with van der Waals surface area (Å²) in [6, 6.07) is 8.21. The number of amides is 2. The first-order valence-electron chi connectivity index (χ1n) is 10.5. The number of urea groups is 1. The average Bonchev–Trinajstić information content (AvgIpc) is 2.73. The van der Waals surface area contributed by atoms with Gasteiger partial charge in [0.05, 0.1) is 11.2 Å². The molecule has 0 saturated carbocycles. The quantitative estimate of drug-likeness (QED) is 0.482. The highest BCUT2D eigenvalue weighted by molar-refractivity contribution is 5.91. The third kappa shape index (κ3) is 5.69. The van der Waals surface area contributed by atoms with Gasteiger partial charge in [-0.1, -0.05) is 33.8 Å². The van der Waals surface area contributed by atoms with Crippen LogP contribution in [0.3, 0.4) is 0 Å². The lowest BCUT2D eigenvalue weighted by Crippen LogP contribution is -2.31. The Kier molecular flexibility index (Phi) is 6.73. The molecule has 3 N–H and O–H groups in total. The first-order valence-corrected chi connectivity index (χ1v) is 10.5. The second-order valence-corrected chi connectivity index (χ2v) is 8.73. The summed E-state index contributed by atoms with van der Waals surface area (Å²) in [6.07, 6.45) is 3.31. The second-order valence-electron chi connectivity index (χ2n) is 8.73. The van der Waals surface area contributed by atoms with Gasteiger partial charge in [0.15, 0.2) is 0 Å². The molecular formula is C24H30FN5O. The number of nitrogens with one attached hydrogen (secondary N) is 3. The number of hydrogen-bond donors (Lipinski definition) is 3. The molecular weight excluding hydrogens is 393 g/mol. The van der Waals surface area contributed by atoms with Gasteiger partial charge in [0.2, 0.25) is 0 Å². The predicted molar refractivity (Wildman–Crippen MR) is 125 cm³/mol. The van der Waals surface area contributed by atoms with Crippen LogP contribution in [0, 0.1) is 11.2 Å². The molecule has 0 spiro atoms. The lowest BCUT2D eigenvalue weighted by molar-refractivity contribution is 0.250. The minimum absolute atomic E-state index is 0.112. The number of carbonyl (C=O) groups is 1. The molecule has 2 aromatic heterocycles. The smallest absolute Gasteiger partial charge is 0.319 e. The van der Waals surface area contributed by atoms with Crippen molar-refractivity contribution in [3.05, 3.63) is 48.0 Å². The average molecular weight is 424 g/mol. The molecule has 0 saturated heterocycles. The summed E-state index contributed by atoms with van der Waals surface area (Å²) < 4.78 is 14.4. The van der Waals surface area contributed by atoms with E-state index in [4.69, 9.17) is 4.98 Å². The van der Waals surface area contributed by atoms with Gasteiger partial charge in [0.25, 0.3) is 0 Å². The number of anilines is 2. The standard InChI is InChI=1S/C24H30FN5O/c1-6-19-17(11-16-14-28-22(26-5)13-20(16)29-19)15-7-8-18(25)21(12-15)30-23(31)27-10-9-24(2,3)4/h7-8,11-14H,6,9-10H2,1-5H3,(H,26,28)(H2,27,30,31). The SMILES string of the molecule is CCc1nc2cc(NC)ncc2cc1-c1ccc(F)c(NC(=O)NCCC(C)(C)C)c1. The van der Waals surface area contributed by atoms with Crippen LogP contribution in [0.4, 0.5) is 20.7 Å². The molecule has 0 radical (unpaired) electrons. The molecule has 2 heterocycles. The van der Waals surface area contributed by atoms with Crippen molar-refractivity contribution in [1.82, 2.24) is 15.3 Å². The van der Waals surface area contributed by atoms with Crippen LogP contribution < -0.4 is 16.0 Å². The highest BCUT2D eigenvalue weighted by atomic mass is 19.1. The normalized spacial score (nSPS) is 11.4. The van der Waals surface area contributed by atoms with Crippen molar-refractivity contribution < 1.29 is 9.18 Å². The number of aryl methyl sites for hydroxylation is 1. The topological polar surface area (TPSA) is 78.9 Å². The number of hydrogen-bond acceptors (Lipinski definition) is 4. The van der Waals surface area contributed by atoms with Crippen molar-refractivity contribution in [1.29, 1.82) is 0 Å². The van der Waals surface area contributed by atoms with Crippen LogP contribution in [-0.2, 0) is 6.42 Å². The molecule has 0 fully saturated rings. The Morgan fingerprint density at radius 2 is 1.94 bits per heavy atom. The molecule has 164 valence electrons. The van der Waals surface area contributed by atoms with E-state index in [9.17, 15) is 9.18 Å². The van der Waals surface area contributed by atoms with Gasteiger partial charge in [-0.05, 0) is 42.0 Å². The van der Waals surface area contributed by atoms with Crippen LogP contribution in [-0.4, -0.2) is 29.6 Å². The van der Waals surface area contributed by atoms with Gasteiger partial charge in [-0.25, -0.2) is 14.2 Å². The lowest BCUT2D eigenvalue weighted by atomic mass is 9.92. The minimum atomic E-state index is -0.484. The number of benzene rings is 1. The van der Waals surface area contributed by atoms with E-state index in [2.05, 4.69) is 41.7 Å². The van der Waals surface area contributed by atoms with E-state index in [1.165, 1.54) is 6.07 Å². The lowest BCUT2D eigenvalue weighted by Gasteiger charge is -2.18. The number of pyridine rings is 2. The zero-order valence-corrected chi connectivity index (χ0v) is 18.8. The summed E-state index contributed by atoms with van der Waals surface area (Å²) in [7, 11) is 1.82. The molecule has 0 aliphatic carbocycles. The largest absolute Gasteiger partial charge is 0.373 e. The highest BCUT2D eigenvalue weighted by Gasteiger charge is 2.14. The van der Waals surface area contributed by atoms with E-state index >= 15 is 0 Å². The molecule has 2 amide bonds. The summed E-state index contributed by atoms with van der Waals surface area (Å²) in [6.45, 7) is 8.87. The molecule has 0 bridgehead atoms. The number of aromatic nitrogens is 2. The molecule has 3 rings (SSSR count). The minimum Gasteiger partial charge on any atom is -0.373 e. The Bertz CT molecular complexity index is 1090. The monoisotopic (exact) mass is 423 g/mol. The Labute approximate surface area is 182 Å². The van der Waals surface area contributed by atoms with Gasteiger partial charge in [-0.15, -0.1) is 0 Å². The van der Waals surface area contributed by atoms with E-state index in [0.717, 1.165) is 46.4 Å². The van der Waals surface area contributed by atoms with E-state index in [1.807, 2.05) is 26.1 Å². The third-order valence-corrected chi connectivity index (χ3v) is 5.06. The van der Waals surface area contributed by atoms with Crippen LogP contribution in [0.15, 0.2) is 36.5 Å². The number of rotatable bonds is 6. The molecule has 7 heteroatoms. The van der Waals surface area contributed by atoms with E-state index < -0.39 is 11.8 Å². The Balaban J connectivity index is 1.88. The predicted octanol–water partition coefficient (Wildman–Crippen LogP) is 5.60. The number of nitrogens with zero attached hydrogens (tertiary/aromatic N) is 2. The van der Waals surface area contributed by atoms with Crippen LogP contribution in [0.25, 0.3) is 22.0 Å². The number of carbonyl (C=O) groups excluding carboxylic acids is 1. The fourth-order valence-corrected chi connectivity index (χ4v) is 3.27. The number of fused-ring (bicyclic) bond motifs is 1. The van der Waals surface area contributed by atoms with Gasteiger partial charge in [0, 0.05) is 42.5 Å².